The van der Waals surface area contributed by atoms with Crippen LogP contribution < -0.4 is 5.73 Å². The Balaban J connectivity index is 1.98. The molecule has 0 aromatic heterocycles. The zero-order valence-electron chi connectivity index (χ0n) is 9.63. The van der Waals surface area contributed by atoms with E-state index in [-0.39, 0.29) is 0 Å². The van der Waals surface area contributed by atoms with Gasteiger partial charge < -0.3 is 5.73 Å². The summed E-state index contributed by atoms with van der Waals surface area (Å²) in [6, 6.07) is 7.37. The SMILES string of the molecule is CCC(N)CCc1ccc2c(c1)CCC2. The second kappa shape index (κ2) is 4.80. The Morgan fingerprint density at radius 1 is 1.27 bits per heavy atom. The summed E-state index contributed by atoms with van der Waals surface area (Å²) in [4.78, 5) is 0. The van der Waals surface area contributed by atoms with Crippen LogP contribution in [-0.4, -0.2) is 6.04 Å². The van der Waals surface area contributed by atoms with Gasteiger partial charge in [0.05, 0.1) is 0 Å². The monoisotopic (exact) mass is 203 g/mol. The second-order valence-corrected chi connectivity index (χ2v) is 4.66. The first-order chi connectivity index (χ1) is 7.29. The van der Waals surface area contributed by atoms with Gasteiger partial charge in [-0.3, -0.25) is 0 Å². The van der Waals surface area contributed by atoms with E-state index in [0.717, 1.165) is 19.3 Å². The van der Waals surface area contributed by atoms with E-state index in [4.69, 9.17) is 5.73 Å². The molecule has 0 saturated heterocycles. The van der Waals surface area contributed by atoms with E-state index in [2.05, 4.69) is 25.1 Å². The summed E-state index contributed by atoms with van der Waals surface area (Å²) in [6.45, 7) is 2.16. The molecule has 1 aromatic carbocycles. The van der Waals surface area contributed by atoms with Gasteiger partial charge in [-0.25, -0.2) is 0 Å². The first kappa shape index (κ1) is 10.7. The number of nitrogens with two attached hydrogens (primary N) is 1. The van der Waals surface area contributed by atoms with Crippen LogP contribution >= 0.6 is 0 Å². The quantitative estimate of drug-likeness (QED) is 0.800. The lowest BCUT2D eigenvalue weighted by molar-refractivity contribution is 0.596. The van der Waals surface area contributed by atoms with Gasteiger partial charge in [0.2, 0.25) is 0 Å². The van der Waals surface area contributed by atoms with Crippen LogP contribution in [0.5, 0.6) is 0 Å². The van der Waals surface area contributed by atoms with E-state index in [9.17, 15) is 0 Å². The second-order valence-electron chi connectivity index (χ2n) is 4.66. The molecule has 15 heavy (non-hydrogen) atoms. The predicted molar refractivity (Wildman–Crippen MR) is 65.1 cm³/mol. The Bertz CT molecular complexity index is 330. The summed E-state index contributed by atoms with van der Waals surface area (Å²) in [6.07, 6.45) is 7.25. The minimum Gasteiger partial charge on any atom is -0.328 e. The minimum absolute atomic E-state index is 0.373. The highest BCUT2D eigenvalue weighted by Crippen LogP contribution is 2.23. The standard InChI is InChI=1S/C14H21N/c1-2-14(15)9-7-11-6-8-12-4-3-5-13(12)10-11/h6,8,10,14H,2-5,7,9,15H2,1H3. The van der Waals surface area contributed by atoms with E-state index in [1.54, 1.807) is 11.1 Å². The molecule has 0 heterocycles. The fraction of sp³-hybridized carbons (Fsp3) is 0.571. The summed E-state index contributed by atoms with van der Waals surface area (Å²) in [7, 11) is 0. The third-order valence-electron chi connectivity index (χ3n) is 3.49. The topological polar surface area (TPSA) is 26.0 Å². The maximum absolute atomic E-state index is 5.93. The normalized spacial score (nSPS) is 16.4. The Hall–Kier alpha value is -0.820. The summed E-state index contributed by atoms with van der Waals surface area (Å²) < 4.78 is 0. The maximum Gasteiger partial charge on any atom is 0.00393 e. The van der Waals surface area contributed by atoms with Gasteiger partial charge in [-0.15, -0.1) is 0 Å². The first-order valence-electron chi connectivity index (χ1n) is 6.16. The number of rotatable bonds is 4. The van der Waals surface area contributed by atoms with Crippen LogP contribution in [0.15, 0.2) is 18.2 Å². The Morgan fingerprint density at radius 2 is 2.07 bits per heavy atom. The molecule has 1 aromatic rings. The van der Waals surface area contributed by atoms with Crippen LogP contribution in [0.4, 0.5) is 0 Å². The van der Waals surface area contributed by atoms with Gasteiger partial charge in [0.1, 0.15) is 0 Å². The minimum atomic E-state index is 0.373. The Labute approximate surface area is 92.7 Å². The van der Waals surface area contributed by atoms with Crippen molar-refractivity contribution < 1.29 is 0 Å². The third kappa shape index (κ3) is 2.60. The van der Waals surface area contributed by atoms with Gasteiger partial charge in [0.15, 0.2) is 0 Å². The van der Waals surface area contributed by atoms with Crippen molar-refractivity contribution >= 4 is 0 Å². The van der Waals surface area contributed by atoms with Gasteiger partial charge in [-0.2, -0.15) is 0 Å². The zero-order chi connectivity index (χ0) is 10.7. The van der Waals surface area contributed by atoms with E-state index in [1.165, 1.54) is 24.8 Å². The molecule has 0 aliphatic heterocycles. The highest BCUT2D eigenvalue weighted by molar-refractivity contribution is 5.35. The lowest BCUT2D eigenvalue weighted by Gasteiger charge is -2.09. The fourth-order valence-electron chi connectivity index (χ4n) is 2.34. The maximum atomic E-state index is 5.93. The van der Waals surface area contributed by atoms with Crippen molar-refractivity contribution in [1.29, 1.82) is 0 Å². The summed E-state index contributed by atoms with van der Waals surface area (Å²) in [5.41, 5.74) is 10.6. The molecule has 0 fully saturated rings. The molecule has 0 saturated carbocycles. The van der Waals surface area contributed by atoms with Crippen LogP contribution in [0.1, 0.15) is 42.9 Å². The molecule has 1 aliphatic rings. The van der Waals surface area contributed by atoms with Crippen molar-refractivity contribution in [2.45, 2.75) is 51.5 Å². The molecule has 1 heteroatoms. The molecule has 1 atom stereocenters. The van der Waals surface area contributed by atoms with Crippen molar-refractivity contribution in [3.63, 3.8) is 0 Å². The number of hydrogen-bond donors (Lipinski definition) is 1. The molecule has 1 unspecified atom stereocenters. The van der Waals surface area contributed by atoms with Crippen molar-refractivity contribution in [2.75, 3.05) is 0 Å². The van der Waals surface area contributed by atoms with Crippen LogP contribution in [0.3, 0.4) is 0 Å². The smallest absolute Gasteiger partial charge is 0.00393 e. The number of benzene rings is 1. The average molecular weight is 203 g/mol. The molecule has 1 nitrogen and oxygen atoms in total. The lowest BCUT2D eigenvalue weighted by atomic mass is 10.0. The average Bonchev–Trinajstić information content (AvgIpc) is 2.72. The van der Waals surface area contributed by atoms with Gasteiger partial charge in [-0.1, -0.05) is 25.1 Å². The number of aryl methyl sites for hydroxylation is 3. The molecule has 0 radical (unpaired) electrons. The zero-order valence-corrected chi connectivity index (χ0v) is 9.63. The van der Waals surface area contributed by atoms with E-state index >= 15 is 0 Å². The molecular formula is C14H21N. The predicted octanol–water partition coefficient (Wildman–Crippen LogP) is 2.85. The molecule has 82 valence electrons. The van der Waals surface area contributed by atoms with Crippen molar-refractivity contribution in [3.05, 3.63) is 34.9 Å². The Kier molecular flexibility index (Phi) is 3.42. The summed E-state index contributed by atoms with van der Waals surface area (Å²) >= 11 is 0. The molecular weight excluding hydrogens is 182 g/mol. The molecule has 2 N–H and O–H groups in total. The molecule has 2 rings (SSSR count). The highest BCUT2D eigenvalue weighted by Gasteiger charge is 2.10. The largest absolute Gasteiger partial charge is 0.328 e. The Morgan fingerprint density at radius 3 is 2.87 bits per heavy atom. The van der Waals surface area contributed by atoms with Crippen molar-refractivity contribution in [1.82, 2.24) is 0 Å². The summed E-state index contributed by atoms with van der Waals surface area (Å²) in [5, 5.41) is 0. The molecule has 1 aliphatic carbocycles. The third-order valence-corrected chi connectivity index (χ3v) is 3.49. The van der Waals surface area contributed by atoms with Gasteiger partial charge in [-0.05, 0) is 55.2 Å². The van der Waals surface area contributed by atoms with E-state index in [0.29, 0.717) is 6.04 Å². The van der Waals surface area contributed by atoms with Gasteiger partial charge in [0.25, 0.3) is 0 Å². The van der Waals surface area contributed by atoms with Crippen molar-refractivity contribution in [3.8, 4) is 0 Å². The molecule has 0 amide bonds. The molecule has 0 spiro atoms. The van der Waals surface area contributed by atoms with E-state index in [1.807, 2.05) is 0 Å². The molecule has 0 bridgehead atoms. The number of fused-ring (bicyclic) bond motifs is 1. The van der Waals surface area contributed by atoms with E-state index < -0.39 is 0 Å². The first-order valence-corrected chi connectivity index (χ1v) is 6.16. The highest BCUT2D eigenvalue weighted by atomic mass is 14.6. The van der Waals surface area contributed by atoms with Crippen LogP contribution in [-0.2, 0) is 19.3 Å². The van der Waals surface area contributed by atoms with Gasteiger partial charge in [0, 0.05) is 6.04 Å². The van der Waals surface area contributed by atoms with Crippen LogP contribution in [0.2, 0.25) is 0 Å². The fourth-order valence-corrected chi connectivity index (χ4v) is 2.34. The van der Waals surface area contributed by atoms with Crippen molar-refractivity contribution in [2.24, 2.45) is 5.73 Å². The van der Waals surface area contributed by atoms with Crippen LogP contribution in [0.25, 0.3) is 0 Å². The van der Waals surface area contributed by atoms with Gasteiger partial charge >= 0.3 is 0 Å². The lowest BCUT2D eigenvalue weighted by Crippen LogP contribution is -2.19. The van der Waals surface area contributed by atoms with Crippen LogP contribution in [0, 0.1) is 0 Å². The summed E-state index contributed by atoms with van der Waals surface area (Å²) in [5.74, 6) is 0. The number of hydrogen-bond acceptors (Lipinski definition) is 1.